The van der Waals surface area contributed by atoms with Gasteiger partial charge < -0.3 is 14.1 Å². The lowest BCUT2D eigenvalue weighted by molar-refractivity contribution is 0.00414. The summed E-state index contributed by atoms with van der Waals surface area (Å²) in [5.74, 6) is 0. The Labute approximate surface area is 191 Å². The standard InChI is InChI=1S/C27H31NO3Si/c1-27(2,3)32(24-15-9-5-10-16-24,25-17-11-6-12-18-25)31-23-19-28(20-23)26(29)30-21-22-13-7-4-8-14-22/h4-18,23H,19-21H2,1-3H3. The van der Waals surface area contributed by atoms with E-state index in [4.69, 9.17) is 9.16 Å². The molecule has 3 aromatic rings. The third-order valence-corrected chi connectivity index (χ3v) is 11.2. The summed E-state index contributed by atoms with van der Waals surface area (Å²) < 4.78 is 12.5. The van der Waals surface area contributed by atoms with Crippen molar-refractivity contribution in [2.75, 3.05) is 13.1 Å². The second-order valence-corrected chi connectivity index (χ2v) is 13.6. The Morgan fingerprint density at radius 3 is 1.78 bits per heavy atom. The summed E-state index contributed by atoms with van der Waals surface area (Å²) >= 11 is 0. The number of hydrogen-bond acceptors (Lipinski definition) is 3. The van der Waals surface area contributed by atoms with Crippen LogP contribution in [0.1, 0.15) is 26.3 Å². The first-order valence-electron chi connectivity index (χ1n) is 11.1. The van der Waals surface area contributed by atoms with Crippen LogP contribution in [-0.2, 0) is 15.8 Å². The summed E-state index contributed by atoms with van der Waals surface area (Å²) in [5.41, 5.74) is 0.987. The van der Waals surface area contributed by atoms with E-state index in [2.05, 4.69) is 69.3 Å². The topological polar surface area (TPSA) is 38.8 Å². The minimum atomic E-state index is -2.60. The molecule has 4 nitrogen and oxygen atoms in total. The number of carbonyl (C=O) groups excluding carboxylic acids is 1. The molecular weight excluding hydrogens is 414 g/mol. The molecule has 1 amide bonds. The number of rotatable bonds is 6. The summed E-state index contributed by atoms with van der Waals surface area (Å²) in [6, 6.07) is 31.0. The van der Waals surface area contributed by atoms with Gasteiger partial charge in [-0.05, 0) is 21.0 Å². The van der Waals surface area contributed by atoms with Crippen LogP contribution in [0.25, 0.3) is 0 Å². The second kappa shape index (κ2) is 9.31. The first kappa shape index (κ1) is 22.3. The highest BCUT2D eigenvalue weighted by molar-refractivity contribution is 6.99. The van der Waals surface area contributed by atoms with Crippen molar-refractivity contribution in [1.29, 1.82) is 0 Å². The monoisotopic (exact) mass is 445 g/mol. The molecule has 1 aliphatic rings. The summed E-state index contributed by atoms with van der Waals surface area (Å²) in [6.45, 7) is 8.20. The Morgan fingerprint density at radius 1 is 0.844 bits per heavy atom. The summed E-state index contributed by atoms with van der Waals surface area (Å²) in [4.78, 5) is 14.2. The first-order valence-corrected chi connectivity index (χ1v) is 13.1. The SMILES string of the molecule is CC(C)(C)[Si](OC1CN(C(=O)OCc2ccccc2)C1)(c1ccccc1)c1ccccc1. The van der Waals surface area contributed by atoms with Crippen molar-refractivity contribution in [3.8, 4) is 0 Å². The van der Waals surface area contributed by atoms with Crippen molar-refractivity contribution in [2.45, 2.75) is 38.5 Å². The third kappa shape index (κ3) is 4.50. The van der Waals surface area contributed by atoms with E-state index in [1.807, 2.05) is 42.5 Å². The maximum absolute atomic E-state index is 12.5. The lowest BCUT2D eigenvalue weighted by Crippen LogP contribution is -2.71. The normalized spacial score (nSPS) is 14.7. The molecule has 0 saturated carbocycles. The van der Waals surface area contributed by atoms with Crippen LogP contribution in [0.5, 0.6) is 0 Å². The molecule has 1 saturated heterocycles. The van der Waals surface area contributed by atoms with Crippen LogP contribution >= 0.6 is 0 Å². The Morgan fingerprint density at radius 2 is 1.31 bits per heavy atom. The van der Waals surface area contributed by atoms with Crippen molar-refractivity contribution < 1.29 is 14.0 Å². The largest absolute Gasteiger partial charge is 0.445 e. The molecular formula is C27H31NO3Si. The minimum absolute atomic E-state index is 0.00872. The maximum atomic E-state index is 12.5. The fraction of sp³-hybridized carbons (Fsp3) is 0.296. The van der Waals surface area contributed by atoms with Crippen LogP contribution in [0.2, 0.25) is 5.04 Å². The van der Waals surface area contributed by atoms with E-state index >= 15 is 0 Å². The minimum Gasteiger partial charge on any atom is -0.445 e. The molecule has 32 heavy (non-hydrogen) atoms. The average molecular weight is 446 g/mol. The fourth-order valence-electron chi connectivity index (χ4n) is 4.41. The smallest absolute Gasteiger partial charge is 0.410 e. The van der Waals surface area contributed by atoms with E-state index in [1.165, 1.54) is 10.4 Å². The molecule has 1 aliphatic heterocycles. The molecule has 1 fully saturated rings. The predicted molar refractivity (Wildman–Crippen MR) is 131 cm³/mol. The molecule has 5 heteroatoms. The van der Waals surface area contributed by atoms with Crippen molar-refractivity contribution in [1.82, 2.24) is 4.90 Å². The molecule has 3 aromatic carbocycles. The summed E-state index contributed by atoms with van der Waals surface area (Å²) in [7, 11) is -2.60. The van der Waals surface area contributed by atoms with Gasteiger partial charge in [-0.3, -0.25) is 0 Å². The van der Waals surface area contributed by atoms with Crippen LogP contribution in [0, 0.1) is 0 Å². The van der Waals surface area contributed by atoms with Crippen molar-refractivity contribution in [3.63, 3.8) is 0 Å². The van der Waals surface area contributed by atoms with Crippen LogP contribution in [-0.4, -0.2) is 38.5 Å². The van der Waals surface area contributed by atoms with Gasteiger partial charge in [0.15, 0.2) is 0 Å². The number of benzene rings is 3. The van der Waals surface area contributed by atoms with E-state index in [0.29, 0.717) is 13.1 Å². The third-order valence-electron chi connectivity index (χ3n) is 6.07. The van der Waals surface area contributed by atoms with E-state index in [-0.39, 0.29) is 23.8 Å². The molecule has 0 aromatic heterocycles. The molecule has 0 N–H and O–H groups in total. The number of carbonyl (C=O) groups is 1. The number of ether oxygens (including phenoxy) is 1. The van der Waals surface area contributed by atoms with E-state index in [9.17, 15) is 4.79 Å². The van der Waals surface area contributed by atoms with E-state index in [0.717, 1.165) is 5.56 Å². The second-order valence-electron chi connectivity index (χ2n) is 9.35. The molecule has 0 atom stereocenters. The van der Waals surface area contributed by atoms with Crippen LogP contribution in [0.15, 0.2) is 91.0 Å². The van der Waals surface area contributed by atoms with Crippen LogP contribution in [0.3, 0.4) is 0 Å². The van der Waals surface area contributed by atoms with Gasteiger partial charge in [-0.25, -0.2) is 4.79 Å². The first-order chi connectivity index (χ1) is 15.4. The van der Waals surface area contributed by atoms with Crippen molar-refractivity contribution in [3.05, 3.63) is 96.6 Å². The van der Waals surface area contributed by atoms with Gasteiger partial charge in [0.1, 0.15) is 6.61 Å². The molecule has 4 rings (SSSR count). The van der Waals surface area contributed by atoms with Crippen molar-refractivity contribution in [2.24, 2.45) is 0 Å². The molecule has 0 unspecified atom stereocenters. The summed E-state index contributed by atoms with van der Waals surface area (Å²) in [5, 5.41) is 2.43. The van der Waals surface area contributed by atoms with Gasteiger partial charge in [-0.15, -0.1) is 0 Å². The highest BCUT2D eigenvalue weighted by atomic mass is 28.4. The fourth-order valence-corrected chi connectivity index (χ4v) is 9.08. The quantitative estimate of drug-likeness (QED) is 0.521. The van der Waals surface area contributed by atoms with Gasteiger partial charge in [0.2, 0.25) is 0 Å². The molecule has 1 heterocycles. The number of amides is 1. The number of nitrogens with zero attached hydrogens (tertiary/aromatic N) is 1. The zero-order valence-corrected chi connectivity index (χ0v) is 20.0. The Bertz CT molecular complexity index is 974. The highest BCUT2D eigenvalue weighted by Crippen LogP contribution is 2.38. The van der Waals surface area contributed by atoms with Gasteiger partial charge in [-0.2, -0.15) is 0 Å². The number of hydrogen-bond donors (Lipinski definition) is 0. The summed E-state index contributed by atoms with van der Waals surface area (Å²) in [6.07, 6.45) is -0.290. The molecule has 166 valence electrons. The van der Waals surface area contributed by atoms with Gasteiger partial charge in [0.25, 0.3) is 8.32 Å². The Balaban J connectivity index is 1.50. The molecule has 0 bridgehead atoms. The lowest BCUT2D eigenvalue weighted by Gasteiger charge is -2.49. The van der Waals surface area contributed by atoms with Gasteiger partial charge in [0, 0.05) is 0 Å². The molecule has 0 aliphatic carbocycles. The van der Waals surface area contributed by atoms with Crippen LogP contribution < -0.4 is 10.4 Å². The van der Waals surface area contributed by atoms with E-state index < -0.39 is 8.32 Å². The van der Waals surface area contributed by atoms with E-state index in [1.54, 1.807) is 4.90 Å². The zero-order chi connectivity index (χ0) is 22.6. The average Bonchev–Trinajstić information content (AvgIpc) is 2.78. The molecule has 0 radical (unpaired) electrons. The molecule has 0 spiro atoms. The highest BCUT2D eigenvalue weighted by Gasteiger charge is 2.53. The maximum Gasteiger partial charge on any atom is 0.410 e. The van der Waals surface area contributed by atoms with Gasteiger partial charge >= 0.3 is 6.09 Å². The van der Waals surface area contributed by atoms with Crippen molar-refractivity contribution >= 4 is 24.8 Å². The Hall–Kier alpha value is -2.89. The predicted octanol–water partition coefficient (Wildman–Crippen LogP) is 4.58. The Kier molecular flexibility index (Phi) is 6.49. The lowest BCUT2D eigenvalue weighted by atomic mass is 10.2. The van der Waals surface area contributed by atoms with Crippen LogP contribution in [0.4, 0.5) is 4.79 Å². The zero-order valence-electron chi connectivity index (χ0n) is 19.0. The number of likely N-dealkylation sites (tertiary alicyclic amines) is 1. The van der Waals surface area contributed by atoms with Gasteiger partial charge in [-0.1, -0.05) is 112 Å². The van der Waals surface area contributed by atoms with Gasteiger partial charge in [0.05, 0.1) is 19.2 Å².